The zero-order chi connectivity index (χ0) is 22.5. The molecule has 1 heterocycles. The molecule has 0 saturated carbocycles. The Morgan fingerprint density at radius 1 is 1.27 bits per heavy atom. The summed E-state index contributed by atoms with van der Waals surface area (Å²) in [5.74, 6) is 0.235. The van der Waals surface area contributed by atoms with Gasteiger partial charge in [-0.1, -0.05) is 29.3 Å². The van der Waals surface area contributed by atoms with E-state index in [1.807, 2.05) is 40.7 Å². The number of hydrogen-bond donors (Lipinski definition) is 2. The first-order valence-corrected chi connectivity index (χ1v) is 11.2. The highest BCUT2D eigenvalue weighted by atomic mass is 35.5. The van der Waals surface area contributed by atoms with Crippen molar-refractivity contribution in [1.29, 1.82) is 0 Å². The highest BCUT2D eigenvalue weighted by Gasteiger charge is 2.29. The molecule has 0 spiro atoms. The fourth-order valence-corrected chi connectivity index (χ4v) is 4.16. The summed E-state index contributed by atoms with van der Waals surface area (Å²) in [6.45, 7) is 11.5. The average molecular weight is 458 g/mol. The number of carbonyl (C=O) groups is 2. The van der Waals surface area contributed by atoms with Gasteiger partial charge >= 0.3 is 6.09 Å². The molecule has 0 radical (unpaired) electrons. The third-order valence-corrected chi connectivity index (χ3v) is 5.76. The number of benzene rings is 1. The first-order valence-electron chi connectivity index (χ1n) is 10.4. The summed E-state index contributed by atoms with van der Waals surface area (Å²) in [4.78, 5) is 26.9. The molecule has 1 saturated heterocycles. The molecule has 1 aromatic rings. The number of ether oxygens (including phenoxy) is 1. The highest BCUT2D eigenvalue weighted by Crippen LogP contribution is 2.26. The number of halogens is 2. The van der Waals surface area contributed by atoms with Crippen LogP contribution in [0, 0.1) is 5.92 Å². The highest BCUT2D eigenvalue weighted by molar-refractivity contribution is 6.35. The van der Waals surface area contributed by atoms with Crippen LogP contribution < -0.4 is 10.6 Å². The summed E-state index contributed by atoms with van der Waals surface area (Å²) in [6.07, 6.45) is 1.59. The molecular weight excluding hydrogens is 425 g/mol. The molecule has 1 fully saturated rings. The van der Waals surface area contributed by atoms with Crippen molar-refractivity contribution in [2.45, 2.75) is 65.1 Å². The van der Waals surface area contributed by atoms with Crippen molar-refractivity contribution in [3.05, 3.63) is 33.8 Å². The van der Waals surface area contributed by atoms with Gasteiger partial charge in [0, 0.05) is 23.1 Å². The fraction of sp³-hybridized carbons (Fsp3) is 0.636. The Balaban J connectivity index is 1.87. The molecule has 30 heavy (non-hydrogen) atoms. The predicted molar refractivity (Wildman–Crippen MR) is 121 cm³/mol. The Morgan fingerprint density at radius 2 is 1.97 bits per heavy atom. The summed E-state index contributed by atoms with van der Waals surface area (Å²) < 4.78 is 5.30. The van der Waals surface area contributed by atoms with Crippen LogP contribution >= 0.6 is 23.2 Å². The molecule has 1 aliphatic heterocycles. The maximum absolute atomic E-state index is 12.8. The lowest BCUT2D eigenvalue weighted by Gasteiger charge is -2.36. The van der Waals surface area contributed by atoms with Crippen molar-refractivity contribution in [3.63, 3.8) is 0 Å². The second-order valence-electron chi connectivity index (χ2n) is 8.96. The number of hydrogen-bond acceptors (Lipinski definition) is 4. The first kappa shape index (κ1) is 24.8. The molecule has 1 aliphatic rings. The number of amides is 2. The second kappa shape index (κ2) is 10.7. The summed E-state index contributed by atoms with van der Waals surface area (Å²) >= 11 is 12.2. The van der Waals surface area contributed by atoms with Gasteiger partial charge in [-0.3, -0.25) is 9.69 Å². The molecule has 3 atom stereocenters. The molecular formula is C22H33Cl2N3O3. The number of likely N-dealkylation sites (tertiary alicyclic amines) is 1. The van der Waals surface area contributed by atoms with Crippen LogP contribution in [0.3, 0.4) is 0 Å². The zero-order valence-electron chi connectivity index (χ0n) is 18.4. The average Bonchev–Trinajstić information content (AvgIpc) is 2.64. The van der Waals surface area contributed by atoms with E-state index < -0.39 is 11.7 Å². The normalized spacial score (nSPS) is 19.6. The lowest BCUT2D eigenvalue weighted by Crippen LogP contribution is -2.51. The van der Waals surface area contributed by atoms with Crippen molar-refractivity contribution in [2.24, 2.45) is 5.92 Å². The van der Waals surface area contributed by atoms with Crippen LogP contribution in [-0.2, 0) is 9.53 Å². The third-order valence-electron chi connectivity index (χ3n) is 5.20. The van der Waals surface area contributed by atoms with E-state index in [0.29, 0.717) is 16.6 Å². The quantitative estimate of drug-likeness (QED) is 0.643. The molecule has 1 aromatic carbocycles. The minimum atomic E-state index is -0.515. The molecule has 0 bridgehead atoms. The van der Waals surface area contributed by atoms with Gasteiger partial charge in [0.15, 0.2) is 0 Å². The van der Waals surface area contributed by atoms with Crippen molar-refractivity contribution in [3.8, 4) is 0 Å². The van der Waals surface area contributed by atoms with Crippen LogP contribution in [0.4, 0.5) is 4.79 Å². The topological polar surface area (TPSA) is 70.7 Å². The van der Waals surface area contributed by atoms with Gasteiger partial charge in [-0.05, 0) is 77.6 Å². The van der Waals surface area contributed by atoms with Gasteiger partial charge in [0.2, 0.25) is 5.91 Å². The van der Waals surface area contributed by atoms with Crippen LogP contribution in [0.25, 0.3) is 0 Å². The molecule has 2 N–H and O–H groups in total. The lowest BCUT2D eigenvalue weighted by atomic mass is 9.96. The molecule has 0 aromatic heterocycles. The van der Waals surface area contributed by atoms with Crippen molar-refractivity contribution in [2.75, 3.05) is 19.6 Å². The van der Waals surface area contributed by atoms with Crippen LogP contribution in [0.1, 0.15) is 59.1 Å². The van der Waals surface area contributed by atoms with Crippen molar-refractivity contribution in [1.82, 2.24) is 15.5 Å². The van der Waals surface area contributed by atoms with E-state index in [2.05, 4.69) is 15.5 Å². The number of rotatable bonds is 6. The van der Waals surface area contributed by atoms with Crippen LogP contribution in [0.15, 0.2) is 18.2 Å². The van der Waals surface area contributed by atoms with Crippen molar-refractivity contribution >= 4 is 35.2 Å². The number of nitrogens with one attached hydrogen (secondary N) is 2. The summed E-state index contributed by atoms with van der Waals surface area (Å²) in [5.41, 5.74) is 0.318. The Morgan fingerprint density at radius 3 is 2.60 bits per heavy atom. The van der Waals surface area contributed by atoms with Gasteiger partial charge in [0.1, 0.15) is 5.60 Å². The van der Waals surface area contributed by atoms with E-state index in [9.17, 15) is 9.59 Å². The first-order chi connectivity index (χ1) is 14.0. The van der Waals surface area contributed by atoms with Gasteiger partial charge in [-0.2, -0.15) is 0 Å². The minimum absolute atomic E-state index is 0.0470. The van der Waals surface area contributed by atoms with Crippen LogP contribution in [0.2, 0.25) is 10.0 Å². The lowest BCUT2D eigenvalue weighted by molar-refractivity contribution is -0.127. The second-order valence-corrected chi connectivity index (χ2v) is 9.80. The Hall–Kier alpha value is -1.50. The number of piperidine rings is 1. The van der Waals surface area contributed by atoms with Gasteiger partial charge in [-0.25, -0.2) is 4.79 Å². The molecule has 2 rings (SSSR count). The van der Waals surface area contributed by atoms with Gasteiger partial charge in [-0.15, -0.1) is 0 Å². The smallest absolute Gasteiger partial charge is 0.407 e. The SMILES string of the molecule is CC(NC(=O)C(C)N1CCCC(CNC(=O)OC(C)(C)C)C1)c1ccc(Cl)cc1Cl. The maximum Gasteiger partial charge on any atom is 0.407 e. The molecule has 3 unspecified atom stereocenters. The number of nitrogens with zero attached hydrogens (tertiary/aromatic N) is 1. The number of alkyl carbamates (subject to hydrolysis) is 1. The van der Waals surface area contributed by atoms with E-state index in [4.69, 9.17) is 27.9 Å². The standard InChI is InChI=1S/C22H33Cl2N3O3/c1-14(18-9-8-17(23)11-19(18)24)26-20(28)15(2)27-10-6-7-16(13-27)12-25-21(29)30-22(3,4)5/h8-9,11,14-16H,6-7,10,12-13H2,1-5H3,(H,25,29)(H,26,28). The predicted octanol–water partition coefficient (Wildman–Crippen LogP) is 4.80. The molecule has 0 aliphatic carbocycles. The van der Waals surface area contributed by atoms with Crippen LogP contribution in [-0.4, -0.2) is 48.2 Å². The van der Waals surface area contributed by atoms with E-state index in [-0.39, 0.29) is 23.9 Å². The largest absolute Gasteiger partial charge is 0.444 e. The molecule has 2 amide bonds. The third kappa shape index (κ3) is 7.64. The Bertz CT molecular complexity index is 752. The number of carbonyl (C=O) groups excluding carboxylic acids is 2. The van der Waals surface area contributed by atoms with Gasteiger partial charge < -0.3 is 15.4 Å². The maximum atomic E-state index is 12.8. The molecule has 168 valence electrons. The van der Waals surface area contributed by atoms with Gasteiger partial charge in [0.05, 0.1) is 12.1 Å². The summed E-state index contributed by atoms with van der Waals surface area (Å²) in [7, 11) is 0. The molecule has 8 heteroatoms. The van der Waals surface area contributed by atoms with E-state index >= 15 is 0 Å². The van der Waals surface area contributed by atoms with Crippen molar-refractivity contribution < 1.29 is 14.3 Å². The molecule has 6 nitrogen and oxygen atoms in total. The summed E-state index contributed by atoms with van der Waals surface area (Å²) in [5, 5.41) is 7.00. The zero-order valence-corrected chi connectivity index (χ0v) is 19.9. The summed E-state index contributed by atoms with van der Waals surface area (Å²) in [6, 6.07) is 4.78. The van der Waals surface area contributed by atoms with E-state index in [1.165, 1.54) is 0 Å². The Kier molecular flexibility index (Phi) is 8.83. The van der Waals surface area contributed by atoms with Gasteiger partial charge in [0.25, 0.3) is 0 Å². The monoisotopic (exact) mass is 457 g/mol. The van der Waals surface area contributed by atoms with E-state index in [0.717, 1.165) is 31.5 Å². The fourth-order valence-electron chi connectivity index (χ4n) is 3.59. The van der Waals surface area contributed by atoms with E-state index in [1.54, 1.807) is 12.1 Å². The minimum Gasteiger partial charge on any atom is -0.444 e. The van der Waals surface area contributed by atoms with Crippen LogP contribution in [0.5, 0.6) is 0 Å². The Labute approximate surface area is 189 Å².